The van der Waals surface area contributed by atoms with E-state index in [1.54, 1.807) is 6.07 Å². The number of carboxylic acid groups (broad SMARTS) is 1. The van der Waals surface area contributed by atoms with E-state index in [4.69, 9.17) is 5.11 Å². The molecule has 1 aromatic rings. The summed E-state index contributed by atoms with van der Waals surface area (Å²) in [5.41, 5.74) is 0. The summed E-state index contributed by atoms with van der Waals surface area (Å²) in [6.45, 7) is 3.48. The first kappa shape index (κ1) is 15.8. The number of rotatable bonds is 4. The van der Waals surface area contributed by atoms with Crippen LogP contribution in [-0.4, -0.2) is 35.6 Å². The van der Waals surface area contributed by atoms with Gasteiger partial charge in [-0.25, -0.2) is 4.79 Å². The third kappa shape index (κ3) is 4.78. The van der Waals surface area contributed by atoms with Gasteiger partial charge in [0.05, 0.1) is 0 Å². The first-order valence-corrected chi connectivity index (χ1v) is 7.12. The van der Waals surface area contributed by atoms with Gasteiger partial charge in [-0.1, -0.05) is 12.8 Å². The molecule has 5 heteroatoms. The van der Waals surface area contributed by atoms with Crippen molar-refractivity contribution in [1.29, 1.82) is 0 Å². The van der Waals surface area contributed by atoms with Gasteiger partial charge < -0.3 is 11.4 Å². The summed E-state index contributed by atoms with van der Waals surface area (Å²) < 4.78 is 0. The van der Waals surface area contributed by atoms with Gasteiger partial charge in [0.2, 0.25) is 0 Å². The monoisotopic (exact) mass is 261 g/mol. The van der Waals surface area contributed by atoms with Crippen LogP contribution in [-0.2, 0) is 6.42 Å². The molecular formula is C13H20LiNO2S. The summed E-state index contributed by atoms with van der Waals surface area (Å²) in [6, 6.07) is 3.66. The molecule has 96 valence electrons. The van der Waals surface area contributed by atoms with Gasteiger partial charge in [-0.2, -0.15) is 0 Å². The Bertz CT molecular complexity index is 378. The number of carboxylic acids is 1. The Morgan fingerprint density at radius 2 is 1.94 bits per heavy atom. The molecule has 1 saturated heterocycles. The van der Waals surface area contributed by atoms with Gasteiger partial charge in [-0.05, 0) is 44.5 Å². The van der Waals surface area contributed by atoms with Gasteiger partial charge >= 0.3 is 24.8 Å². The summed E-state index contributed by atoms with van der Waals surface area (Å²) in [5, 5.41) is 8.85. The normalized spacial score (nSPS) is 16.9. The second-order valence-electron chi connectivity index (χ2n) is 4.58. The van der Waals surface area contributed by atoms with Crippen molar-refractivity contribution in [2.24, 2.45) is 0 Å². The van der Waals surface area contributed by atoms with Crippen LogP contribution in [0.4, 0.5) is 0 Å². The van der Waals surface area contributed by atoms with Crippen molar-refractivity contribution >= 4 is 17.3 Å². The van der Waals surface area contributed by atoms with Gasteiger partial charge in [0, 0.05) is 11.4 Å². The van der Waals surface area contributed by atoms with Crippen molar-refractivity contribution in [3.8, 4) is 0 Å². The first-order chi connectivity index (χ1) is 8.25. The molecule has 0 radical (unpaired) electrons. The zero-order valence-electron chi connectivity index (χ0n) is 12.0. The number of likely N-dealkylation sites (tertiary alicyclic amines) is 1. The second-order valence-corrected chi connectivity index (χ2v) is 5.75. The summed E-state index contributed by atoms with van der Waals surface area (Å²) in [4.78, 5) is 14.9. The van der Waals surface area contributed by atoms with Crippen LogP contribution in [0.5, 0.6) is 0 Å². The number of hydrogen-bond acceptors (Lipinski definition) is 3. The number of hydrogen-bond donors (Lipinski definition) is 1. The second kappa shape index (κ2) is 8.01. The van der Waals surface area contributed by atoms with E-state index < -0.39 is 5.97 Å². The molecule has 0 unspecified atom stereocenters. The number of carbonyl (C=O) groups is 1. The molecular weight excluding hydrogens is 241 g/mol. The van der Waals surface area contributed by atoms with E-state index >= 15 is 0 Å². The zero-order valence-corrected chi connectivity index (χ0v) is 11.8. The fourth-order valence-electron chi connectivity index (χ4n) is 2.26. The Labute approximate surface area is 126 Å². The molecule has 1 N–H and O–H groups in total. The van der Waals surface area contributed by atoms with Crippen LogP contribution in [0.15, 0.2) is 12.1 Å². The van der Waals surface area contributed by atoms with Gasteiger partial charge in [0.15, 0.2) is 0 Å². The smallest absolute Gasteiger partial charge is 1.00 e. The Kier molecular flexibility index (Phi) is 7.02. The number of aromatic carboxylic acids is 1. The SMILES string of the molecule is O=C(O)c1ccc(CCN2CCCCCC2)s1.[H-].[Li+]. The molecule has 2 rings (SSSR count). The minimum absolute atomic E-state index is 0. The molecule has 0 aliphatic carbocycles. The standard InChI is InChI=1S/C13H19NO2S.Li.H/c15-13(16)12-6-5-11(17-12)7-10-14-8-3-1-2-4-9-14;;/h5-6H,1-4,7-10H2,(H,15,16);;/q;+1;-1. The average Bonchev–Trinajstić information content (AvgIpc) is 2.63. The van der Waals surface area contributed by atoms with E-state index in [9.17, 15) is 4.79 Å². The molecule has 18 heavy (non-hydrogen) atoms. The molecule has 0 amide bonds. The van der Waals surface area contributed by atoms with E-state index in [1.807, 2.05) is 6.07 Å². The Balaban J connectivity index is 0.00000162. The van der Waals surface area contributed by atoms with Crippen molar-refractivity contribution in [2.75, 3.05) is 19.6 Å². The van der Waals surface area contributed by atoms with Crippen LogP contribution < -0.4 is 18.9 Å². The van der Waals surface area contributed by atoms with Crippen LogP contribution in [0.25, 0.3) is 0 Å². The summed E-state index contributed by atoms with van der Waals surface area (Å²) in [5.74, 6) is -0.809. The largest absolute Gasteiger partial charge is 1.00 e. The van der Waals surface area contributed by atoms with E-state index in [-0.39, 0.29) is 20.3 Å². The molecule has 1 fully saturated rings. The van der Waals surface area contributed by atoms with Crippen LogP contribution in [0, 0.1) is 0 Å². The minimum Gasteiger partial charge on any atom is -1.00 e. The maximum atomic E-state index is 10.8. The molecule has 1 aromatic heterocycles. The van der Waals surface area contributed by atoms with E-state index in [1.165, 1.54) is 55.0 Å². The predicted octanol–water partition coefficient (Wildman–Crippen LogP) is -0.0187. The Morgan fingerprint density at radius 3 is 2.50 bits per heavy atom. The minimum atomic E-state index is -0.809. The molecule has 0 aromatic carbocycles. The summed E-state index contributed by atoms with van der Waals surface area (Å²) in [7, 11) is 0. The van der Waals surface area contributed by atoms with Crippen LogP contribution in [0.1, 0.15) is 41.7 Å². The van der Waals surface area contributed by atoms with Crippen LogP contribution in [0.3, 0.4) is 0 Å². The Morgan fingerprint density at radius 1 is 1.28 bits per heavy atom. The first-order valence-electron chi connectivity index (χ1n) is 6.30. The molecule has 1 aliphatic heterocycles. The molecule has 3 nitrogen and oxygen atoms in total. The van der Waals surface area contributed by atoms with Crippen molar-refractivity contribution in [2.45, 2.75) is 32.1 Å². The van der Waals surface area contributed by atoms with Crippen molar-refractivity contribution in [3.63, 3.8) is 0 Å². The van der Waals surface area contributed by atoms with Crippen molar-refractivity contribution in [1.82, 2.24) is 4.90 Å². The fourth-order valence-corrected chi connectivity index (χ4v) is 3.09. The molecule has 1 aliphatic rings. The Hall–Kier alpha value is -0.273. The molecule has 0 bridgehead atoms. The average molecular weight is 261 g/mol. The van der Waals surface area contributed by atoms with Crippen LogP contribution >= 0.6 is 11.3 Å². The predicted molar refractivity (Wildman–Crippen MR) is 71.0 cm³/mol. The van der Waals surface area contributed by atoms with Gasteiger partial charge in [0.1, 0.15) is 4.88 Å². The topological polar surface area (TPSA) is 40.5 Å². The van der Waals surface area contributed by atoms with Crippen LogP contribution in [0.2, 0.25) is 0 Å². The summed E-state index contributed by atoms with van der Waals surface area (Å²) >= 11 is 1.41. The molecule has 0 spiro atoms. The van der Waals surface area contributed by atoms with Crippen molar-refractivity contribution in [3.05, 3.63) is 21.9 Å². The molecule has 2 heterocycles. The molecule has 0 atom stereocenters. The maximum Gasteiger partial charge on any atom is 1.00 e. The third-order valence-electron chi connectivity index (χ3n) is 3.25. The van der Waals surface area contributed by atoms with E-state index in [2.05, 4.69) is 4.90 Å². The number of thiophene rings is 1. The van der Waals surface area contributed by atoms with E-state index in [0.717, 1.165) is 13.0 Å². The summed E-state index contributed by atoms with van der Waals surface area (Å²) in [6.07, 6.45) is 6.32. The quantitative estimate of drug-likeness (QED) is 0.775. The van der Waals surface area contributed by atoms with Gasteiger partial charge in [0.25, 0.3) is 0 Å². The van der Waals surface area contributed by atoms with E-state index in [0.29, 0.717) is 4.88 Å². The van der Waals surface area contributed by atoms with Gasteiger partial charge in [-0.15, -0.1) is 11.3 Å². The third-order valence-corrected chi connectivity index (χ3v) is 4.38. The zero-order chi connectivity index (χ0) is 12.1. The fraction of sp³-hybridized carbons (Fsp3) is 0.615. The molecule has 0 saturated carbocycles. The maximum absolute atomic E-state index is 10.8. The number of nitrogens with zero attached hydrogens (tertiary/aromatic N) is 1. The van der Waals surface area contributed by atoms with Crippen molar-refractivity contribution < 1.29 is 30.2 Å². The van der Waals surface area contributed by atoms with Gasteiger partial charge in [-0.3, -0.25) is 0 Å².